The van der Waals surface area contributed by atoms with E-state index in [1.54, 1.807) is 14.2 Å². The molecule has 0 aromatic rings. The minimum Gasteiger partial charge on any atom is -0.396 e. The summed E-state index contributed by atoms with van der Waals surface area (Å²) in [7, 11) is -2.02. The predicted octanol–water partition coefficient (Wildman–Crippen LogP) is 2.71. The van der Waals surface area contributed by atoms with Crippen molar-refractivity contribution in [2.75, 3.05) is 53.8 Å². The topological polar surface area (TPSA) is 134 Å². The van der Waals surface area contributed by atoms with Gasteiger partial charge in [0.15, 0.2) is 0 Å². The zero-order valence-electron chi connectivity index (χ0n) is 23.2. The molecule has 3 unspecified atom stereocenters. The summed E-state index contributed by atoms with van der Waals surface area (Å²) in [6.45, 7) is 8.64. The summed E-state index contributed by atoms with van der Waals surface area (Å²) >= 11 is 0. The Morgan fingerprint density at radius 3 is 1.89 bits per heavy atom. The van der Waals surface area contributed by atoms with Crippen molar-refractivity contribution in [1.29, 1.82) is 0 Å². The van der Waals surface area contributed by atoms with Crippen molar-refractivity contribution in [1.82, 2.24) is 0 Å². The number of nitrogens with two attached hydrogens (primary N) is 1. The van der Waals surface area contributed by atoms with E-state index in [4.69, 9.17) is 47.2 Å². The maximum absolute atomic E-state index is 8.93. The molecule has 1 aliphatic heterocycles. The van der Waals surface area contributed by atoms with Gasteiger partial charge in [-0.25, -0.2) is 0 Å². The summed E-state index contributed by atoms with van der Waals surface area (Å²) in [6, 6.07) is 1.59. The van der Waals surface area contributed by atoms with E-state index >= 15 is 0 Å². The van der Waals surface area contributed by atoms with Crippen LogP contribution in [0.2, 0.25) is 12.1 Å². The van der Waals surface area contributed by atoms with Crippen LogP contribution in [0.3, 0.4) is 0 Å². The highest BCUT2D eigenvalue weighted by Gasteiger charge is 2.46. The number of hydrogen-bond donors (Lipinski definition) is 3. The first-order valence-corrected chi connectivity index (χ1v) is 17.5. The number of ether oxygens (including phenoxy) is 1. The zero-order chi connectivity index (χ0) is 26.9. The summed E-state index contributed by atoms with van der Waals surface area (Å²) in [5, 5.41) is 17.9. The van der Waals surface area contributed by atoms with Crippen LogP contribution in [0, 0.1) is 5.92 Å². The van der Waals surface area contributed by atoms with Gasteiger partial charge in [0, 0.05) is 59.3 Å². The number of hydrogen-bond acceptors (Lipinski definition) is 10. The van der Waals surface area contributed by atoms with Crippen LogP contribution < -0.4 is 5.73 Å². The predicted molar refractivity (Wildman–Crippen MR) is 143 cm³/mol. The largest absolute Gasteiger partial charge is 0.500 e. The van der Waals surface area contributed by atoms with Gasteiger partial charge in [-0.1, -0.05) is 0 Å². The van der Waals surface area contributed by atoms with E-state index in [0.29, 0.717) is 57.5 Å². The molecule has 1 saturated carbocycles. The molecule has 0 spiro atoms. The molecule has 1 heterocycles. The third kappa shape index (κ3) is 12.3. The molecule has 4 N–H and O–H groups in total. The van der Waals surface area contributed by atoms with Gasteiger partial charge in [0.1, 0.15) is 0 Å². The number of rotatable bonds is 20. The average molecular weight is 556 g/mol. The Labute approximate surface area is 220 Å². The molecule has 36 heavy (non-hydrogen) atoms. The normalized spacial score (nSPS) is 21.8. The van der Waals surface area contributed by atoms with Gasteiger partial charge >= 0.3 is 17.6 Å². The van der Waals surface area contributed by atoms with E-state index in [-0.39, 0.29) is 19.3 Å². The number of epoxide rings is 1. The van der Waals surface area contributed by atoms with Crippen molar-refractivity contribution in [3.05, 3.63) is 0 Å². The molecule has 12 heteroatoms. The van der Waals surface area contributed by atoms with Crippen LogP contribution in [0.25, 0.3) is 0 Å². The van der Waals surface area contributed by atoms with E-state index in [0.717, 1.165) is 24.8 Å². The molecule has 0 amide bonds. The lowest BCUT2D eigenvalue weighted by atomic mass is 9.88. The Balaban J connectivity index is 0.000000363. The first kappa shape index (κ1) is 34.1. The average Bonchev–Trinajstić information content (AvgIpc) is 3.66. The van der Waals surface area contributed by atoms with Crippen molar-refractivity contribution >= 4 is 17.6 Å². The molecule has 2 aliphatic rings. The minimum atomic E-state index is -2.70. The number of aliphatic hydroxyl groups is 2. The lowest BCUT2D eigenvalue weighted by Crippen LogP contribution is -2.47. The Bertz CT molecular complexity index is 523. The lowest BCUT2D eigenvalue weighted by Gasteiger charge is -2.30. The quantitative estimate of drug-likeness (QED) is 0.152. The molecular formula is C24H53NO9Si2. The third-order valence-corrected chi connectivity index (χ3v) is 12.6. The highest BCUT2D eigenvalue weighted by Crippen LogP contribution is 2.41. The highest BCUT2D eigenvalue weighted by molar-refractivity contribution is 6.61. The van der Waals surface area contributed by atoms with Crippen LogP contribution in [0.1, 0.15) is 65.7 Å². The third-order valence-electron chi connectivity index (χ3n) is 6.62. The van der Waals surface area contributed by atoms with Gasteiger partial charge in [0.25, 0.3) is 0 Å². The summed E-state index contributed by atoms with van der Waals surface area (Å²) < 4.78 is 39.9. The summed E-state index contributed by atoms with van der Waals surface area (Å²) in [6.07, 6.45) is 7.49. The summed E-state index contributed by atoms with van der Waals surface area (Å²) in [5.74, 6) is 0.761. The van der Waals surface area contributed by atoms with E-state index < -0.39 is 17.6 Å². The monoisotopic (exact) mass is 555 g/mol. The van der Waals surface area contributed by atoms with E-state index in [1.807, 2.05) is 20.8 Å². The first-order valence-electron chi connectivity index (χ1n) is 13.7. The fourth-order valence-electron chi connectivity index (χ4n) is 4.70. The summed E-state index contributed by atoms with van der Waals surface area (Å²) in [5.41, 5.74) is 5.47. The van der Waals surface area contributed by atoms with Crippen molar-refractivity contribution in [2.45, 2.75) is 96.1 Å². The van der Waals surface area contributed by atoms with E-state index in [1.165, 1.54) is 19.3 Å². The van der Waals surface area contributed by atoms with Gasteiger partial charge in [-0.2, -0.15) is 0 Å². The second-order valence-electron chi connectivity index (χ2n) is 9.16. The molecule has 0 aromatic heterocycles. The van der Waals surface area contributed by atoms with Gasteiger partial charge in [0.2, 0.25) is 0 Å². The maximum Gasteiger partial charge on any atom is 0.500 e. The van der Waals surface area contributed by atoms with Crippen LogP contribution in [0.4, 0.5) is 0 Å². The van der Waals surface area contributed by atoms with E-state index in [9.17, 15) is 0 Å². The maximum atomic E-state index is 8.93. The molecule has 1 aliphatic carbocycles. The molecule has 3 atom stereocenters. The second-order valence-corrected chi connectivity index (χ2v) is 14.8. The molecule has 2 rings (SSSR count). The second kappa shape index (κ2) is 19.1. The van der Waals surface area contributed by atoms with Gasteiger partial charge in [-0.15, -0.1) is 0 Å². The SMILES string of the molecule is CCO[Si](CCC1CCC2OC2C1)(OCC)OCC.CO[Si](CCCN)(OC)OC(CCO)CCO. The van der Waals surface area contributed by atoms with Crippen LogP contribution in [0.15, 0.2) is 0 Å². The van der Waals surface area contributed by atoms with Crippen LogP contribution in [-0.2, 0) is 31.3 Å². The van der Waals surface area contributed by atoms with Crippen LogP contribution in [-0.4, -0.2) is 99.9 Å². The highest BCUT2D eigenvalue weighted by atomic mass is 28.4. The number of aliphatic hydroxyl groups excluding tert-OH is 2. The van der Waals surface area contributed by atoms with Crippen molar-refractivity contribution < 1.29 is 41.5 Å². The van der Waals surface area contributed by atoms with Gasteiger partial charge in [0.05, 0.1) is 18.3 Å². The molecule has 0 bridgehead atoms. The van der Waals surface area contributed by atoms with Crippen LogP contribution >= 0.6 is 0 Å². The Morgan fingerprint density at radius 2 is 1.44 bits per heavy atom. The van der Waals surface area contributed by atoms with Gasteiger partial charge < -0.3 is 47.2 Å². The fourth-order valence-corrected chi connectivity index (χ4v) is 9.73. The molecule has 2 fully saturated rings. The van der Waals surface area contributed by atoms with Crippen LogP contribution in [0.5, 0.6) is 0 Å². The first-order chi connectivity index (χ1) is 17.4. The standard InChI is InChI=1S/C14H28O4Si.C10H25NO5Si/c1-4-15-19(16-5-2,17-6-3)10-9-12-7-8-13-14(11-12)18-13;1-14-17(15-2,9-3-6-11)16-10(4-7-12)5-8-13/h12-14H,4-11H2,1-3H3;10,12-13H,3-9,11H2,1-2H3. The smallest absolute Gasteiger partial charge is 0.396 e. The van der Waals surface area contributed by atoms with Crippen molar-refractivity contribution in [2.24, 2.45) is 11.7 Å². The van der Waals surface area contributed by atoms with E-state index in [2.05, 4.69) is 0 Å². The fraction of sp³-hybridized carbons (Fsp3) is 1.00. The molecular weight excluding hydrogens is 502 g/mol. The Hall–Kier alpha value is 0.0338. The lowest BCUT2D eigenvalue weighted by molar-refractivity contribution is 0.0313. The minimum absolute atomic E-state index is 0.0134. The zero-order valence-corrected chi connectivity index (χ0v) is 25.2. The Kier molecular flexibility index (Phi) is 18.1. The molecule has 0 radical (unpaired) electrons. The van der Waals surface area contributed by atoms with Crippen molar-refractivity contribution in [3.8, 4) is 0 Å². The summed E-state index contributed by atoms with van der Waals surface area (Å²) in [4.78, 5) is 0. The van der Waals surface area contributed by atoms with Crippen molar-refractivity contribution in [3.63, 3.8) is 0 Å². The molecule has 1 saturated heterocycles. The number of fused-ring (bicyclic) bond motifs is 1. The van der Waals surface area contributed by atoms with Gasteiger partial charge in [-0.05, 0) is 78.2 Å². The molecule has 10 nitrogen and oxygen atoms in total. The molecule has 0 aromatic carbocycles. The molecule has 216 valence electrons. The van der Waals surface area contributed by atoms with Gasteiger partial charge in [-0.3, -0.25) is 0 Å². The Morgan fingerprint density at radius 1 is 0.861 bits per heavy atom.